The molecule has 0 aromatic heterocycles. The highest BCUT2D eigenvalue weighted by Crippen LogP contribution is 2.45. The second-order valence-electron chi connectivity index (χ2n) is 7.88. The molecule has 4 rings (SSSR count). The first-order valence-corrected chi connectivity index (χ1v) is 10.4. The van der Waals surface area contributed by atoms with Crippen molar-refractivity contribution < 1.29 is 13.2 Å². The zero-order valence-corrected chi connectivity index (χ0v) is 14.1. The lowest BCUT2D eigenvalue weighted by Crippen LogP contribution is -2.42. The summed E-state index contributed by atoms with van der Waals surface area (Å²) in [5.41, 5.74) is 0.195. The Morgan fingerprint density at radius 1 is 1.09 bits per heavy atom. The van der Waals surface area contributed by atoms with E-state index < -0.39 is 10.0 Å². The number of nitrogens with zero attached hydrogens (tertiary/aromatic N) is 1. The number of nitrogens with one attached hydrogen (secondary N) is 1. The van der Waals surface area contributed by atoms with Gasteiger partial charge in [-0.2, -0.15) is 4.31 Å². The molecule has 2 aliphatic carbocycles. The fourth-order valence-corrected chi connectivity index (χ4v) is 6.22. The zero-order chi connectivity index (χ0) is 15.2. The van der Waals surface area contributed by atoms with Crippen molar-refractivity contribution in [1.29, 1.82) is 0 Å². The lowest BCUT2D eigenvalue weighted by atomic mass is 9.77. The third-order valence-electron chi connectivity index (χ3n) is 5.86. The predicted octanol–water partition coefficient (Wildman–Crippen LogP) is 1.35. The number of hydrogen-bond donors (Lipinski definition) is 1. The first kappa shape index (κ1) is 15.4. The first-order valence-electron chi connectivity index (χ1n) is 8.88. The smallest absolute Gasteiger partial charge is 0.217 e. The number of sulfonamides is 1. The monoisotopic (exact) mass is 328 g/mol. The molecule has 5 nitrogen and oxygen atoms in total. The Kier molecular flexibility index (Phi) is 4.00. The van der Waals surface area contributed by atoms with E-state index in [0.717, 1.165) is 64.3 Å². The zero-order valence-electron chi connectivity index (χ0n) is 13.3. The van der Waals surface area contributed by atoms with Crippen LogP contribution in [0.5, 0.6) is 0 Å². The standard InChI is InChI=1S/C16H28N2O3S/c19-22(20,15-3-4-15)18-12-16(5-7-17-8-6-16)9-14(18)11-21-10-13-1-2-13/h13-15,17H,1-12H2/t14-/m0/s1. The van der Waals surface area contributed by atoms with Crippen LogP contribution in [-0.4, -0.2) is 56.9 Å². The molecule has 2 saturated carbocycles. The third kappa shape index (κ3) is 3.07. The largest absolute Gasteiger partial charge is 0.379 e. The Bertz CT molecular complexity index is 507. The summed E-state index contributed by atoms with van der Waals surface area (Å²) in [6, 6.07) is 0.0717. The maximum absolute atomic E-state index is 12.8. The number of hydrogen-bond acceptors (Lipinski definition) is 4. The minimum atomic E-state index is -3.09. The molecule has 2 aliphatic heterocycles. The van der Waals surface area contributed by atoms with Crippen LogP contribution >= 0.6 is 0 Å². The van der Waals surface area contributed by atoms with Gasteiger partial charge in [0.1, 0.15) is 0 Å². The Balaban J connectivity index is 1.46. The van der Waals surface area contributed by atoms with Gasteiger partial charge in [-0.15, -0.1) is 0 Å². The van der Waals surface area contributed by atoms with E-state index in [2.05, 4.69) is 5.32 Å². The predicted molar refractivity (Wildman–Crippen MR) is 85.1 cm³/mol. The second-order valence-corrected chi connectivity index (χ2v) is 10.0. The van der Waals surface area contributed by atoms with E-state index in [1.54, 1.807) is 0 Å². The van der Waals surface area contributed by atoms with Gasteiger partial charge in [-0.25, -0.2) is 8.42 Å². The summed E-state index contributed by atoms with van der Waals surface area (Å²) in [4.78, 5) is 0. The number of piperidine rings is 1. The summed E-state index contributed by atoms with van der Waals surface area (Å²) in [7, 11) is -3.09. The van der Waals surface area contributed by atoms with Crippen LogP contribution in [0.2, 0.25) is 0 Å². The summed E-state index contributed by atoms with van der Waals surface area (Å²) < 4.78 is 33.3. The normalized spacial score (nSPS) is 32.6. The molecule has 2 saturated heterocycles. The van der Waals surface area contributed by atoms with Crippen molar-refractivity contribution in [2.45, 2.75) is 56.2 Å². The molecule has 1 N–H and O–H groups in total. The van der Waals surface area contributed by atoms with Gasteiger partial charge in [-0.05, 0) is 69.4 Å². The van der Waals surface area contributed by atoms with E-state index in [1.807, 2.05) is 4.31 Å². The summed E-state index contributed by atoms with van der Waals surface area (Å²) in [5, 5.41) is 3.31. The molecule has 0 unspecified atom stereocenters. The maximum Gasteiger partial charge on any atom is 0.217 e. The molecule has 0 aromatic rings. The molecule has 0 bridgehead atoms. The van der Waals surface area contributed by atoms with Gasteiger partial charge in [-0.1, -0.05) is 0 Å². The van der Waals surface area contributed by atoms with Crippen LogP contribution < -0.4 is 5.32 Å². The molecule has 6 heteroatoms. The van der Waals surface area contributed by atoms with Gasteiger partial charge in [0.25, 0.3) is 0 Å². The van der Waals surface area contributed by atoms with Gasteiger partial charge in [0.05, 0.1) is 11.9 Å². The molecule has 0 radical (unpaired) electrons. The van der Waals surface area contributed by atoms with Gasteiger partial charge < -0.3 is 10.1 Å². The summed E-state index contributed by atoms with van der Waals surface area (Å²) >= 11 is 0. The fourth-order valence-electron chi connectivity index (χ4n) is 4.10. The van der Waals surface area contributed by atoms with Crippen molar-refractivity contribution in [3.63, 3.8) is 0 Å². The molecule has 0 amide bonds. The molecule has 1 spiro atoms. The molecule has 4 aliphatic rings. The van der Waals surface area contributed by atoms with E-state index in [4.69, 9.17) is 4.74 Å². The molecule has 1 atom stereocenters. The van der Waals surface area contributed by atoms with E-state index in [9.17, 15) is 8.42 Å². The van der Waals surface area contributed by atoms with Crippen molar-refractivity contribution in [2.24, 2.45) is 11.3 Å². The fraction of sp³-hybridized carbons (Fsp3) is 1.00. The Labute approximate surface area is 133 Å². The van der Waals surface area contributed by atoms with Crippen molar-refractivity contribution in [2.75, 3.05) is 32.8 Å². The van der Waals surface area contributed by atoms with Gasteiger partial charge in [0, 0.05) is 19.2 Å². The third-order valence-corrected chi connectivity index (χ3v) is 8.26. The van der Waals surface area contributed by atoms with Gasteiger partial charge in [0.2, 0.25) is 10.0 Å². The van der Waals surface area contributed by atoms with Crippen LogP contribution in [0, 0.1) is 11.3 Å². The van der Waals surface area contributed by atoms with Gasteiger partial charge in [0.15, 0.2) is 0 Å². The Morgan fingerprint density at radius 3 is 2.45 bits per heavy atom. The highest BCUT2D eigenvalue weighted by Gasteiger charge is 2.52. The van der Waals surface area contributed by atoms with Crippen molar-refractivity contribution in [3.8, 4) is 0 Å². The highest BCUT2D eigenvalue weighted by atomic mass is 32.2. The van der Waals surface area contributed by atoms with Crippen LogP contribution in [0.4, 0.5) is 0 Å². The number of ether oxygens (including phenoxy) is 1. The summed E-state index contributed by atoms with van der Waals surface area (Å²) in [6.45, 7) is 4.19. The van der Waals surface area contributed by atoms with E-state index in [1.165, 1.54) is 12.8 Å². The molecular weight excluding hydrogens is 300 g/mol. The average molecular weight is 328 g/mol. The Hall–Kier alpha value is -0.170. The number of rotatable bonds is 6. The minimum absolute atomic E-state index is 0.0717. The van der Waals surface area contributed by atoms with Gasteiger partial charge in [-0.3, -0.25) is 0 Å². The SMILES string of the molecule is O=S(=O)(C1CC1)N1CC2(CCNCC2)C[C@H]1COCC1CC1. The van der Waals surface area contributed by atoms with E-state index in [-0.39, 0.29) is 16.7 Å². The quantitative estimate of drug-likeness (QED) is 0.800. The summed E-state index contributed by atoms with van der Waals surface area (Å²) in [5.74, 6) is 0.739. The lowest BCUT2D eigenvalue weighted by Gasteiger charge is -2.33. The lowest BCUT2D eigenvalue weighted by molar-refractivity contribution is 0.0896. The van der Waals surface area contributed by atoms with Crippen molar-refractivity contribution in [1.82, 2.24) is 9.62 Å². The van der Waals surface area contributed by atoms with Crippen LogP contribution in [-0.2, 0) is 14.8 Å². The molecule has 2 heterocycles. The van der Waals surface area contributed by atoms with Crippen molar-refractivity contribution in [3.05, 3.63) is 0 Å². The van der Waals surface area contributed by atoms with Crippen molar-refractivity contribution >= 4 is 10.0 Å². The Morgan fingerprint density at radius 2 is 1.82 bits per heavy atom. The van der Waals surface area contributed by atoms with Crippen LogP contribution in [0.15, 0.2) is 0 Å². The van der Waals surface area contributed by atoms with Crippen LogP contribution in [0.3, 0.4) is 0 Å². The average Bonchev–Trinajstić information content (AvgIpc) is 3.38. The maximum atomic E-state index is 12.8. The van der Waals surface area contributed by atoms with Crippen LogP contribution in [0.25, 0.3) is 0 Å². The van der Waals surface area contributed by atoms with E-state index in [0.29, 0.717) is 6.61 Å². The highest BCUT2D eigenvalue weighted by molar-refractivity contribution is 7.90. The molecule has 22 heavy (non-hydrogen) atoms. The topological polar surface area (TPSA) is 58.6 Å². The molecular formula is C16H28N2O3S. The first-order chi connectivity index (χ1) is 10.6. The second kappa shape index (κ2) is 5.72. The molecule has 126 valence electrons. The van der Waals surface area contributed by atoms with Gasteiger partial charge >= 0.3 is 0 Å². The molecule has 0 aromatic carbocycles. The van der Waals surface area contributed by atoms with E-state index >= 15 is 0 Å². The summed E-state index contributed by atoms with van der Waals surface area (Å²) in [6.07, 6.45) is 7.46. The minimum Gasteiger partial charge on any atom is -0.379 e. The van der Waals surface area contributed by atoms with Crippen LogP contribution in [0.1, 0.15) is 44.9 Å². The molecule has 4 fully saturated rings.